The van der Waals surface area contributed by atoms with Crippen LogP contribution in [0.2, 0.25) is 0 Å². The number of pyridine rings is 1. The van der Waals surface area contributed by atoms with Crippen LogP contribution in [-0.2, 0) is 14.3 Å². The Morgan fingerprint density at radius 1 is 1.68 bits per heavy atom. The predicted molar refractivity (Wildman–Crippen MR) is 72.5 cm³/mol. The Hall–Kier alpha value is -1.62. The molecule has 1 fully saturated rings. The number of nitrogens with zero attached hydrogens (tertiary/aromatic N) is 1. The average Bonchev–Trinajstić information content (AvgIpc) is 2.67. The molecule has 0 aromatic carbocycles. The summed E-state index contributed by atoms with van der Waals surface area (Å²) in [6, 6.07) is 5.35. The number of hydrogen-bond donors (Lipinski definition) is 0. The summed E-state index contributed by atoms with van der Waals surface area (Å²) >= 11 is 1.01. The summed E-state index contributed by atoms with van der Waals surface area (Å²) in [4.78, 5) is 27.9. The number of carbonyl (C=O) groups is 2. The van der Waals surface area contributed by atoms with Crippen molar-refractivity contribution in [3.63, 3.8) is 0 Å². The number of allylic oxidation sites excluding steroid dienone is 1. The molecule has 1 saturated heterocycles. The van der Waals surface area contributed by atoms with E-state index in [0.717, 1.165) is 11.8 Å². The summed E-state index contributed by atoms with van der Waals surface area (Å²) < 4.78 is 5.18. The number of hydrogen-bond acceptors (Lipinski definition) is 5. The van der Waals surface area contributed by atoms with Crippen molar-refractivity contribution in [2.24, 2.45) is 5.41 Å². The molecule has 0 amide bonds. The van der Waals surface area contributed by atoms with Crippen molar-refractivity contribution in [3.8, 4) is 0 Å². The molecule has 1 aliphatic heterocycles. The van der Waals surface area contributed by atoms with Gasteiger partial charge in [0.1, 0.15) is 5.03 Å². The molecule has 1 aromatic rings. The zero-order valence-electron chi connectivity index (χ0n) is 10.7. The Bertz CT molecular complexity index is 503. The topological polar surface area (TPSA) is 56.3 Å². The molecule has 19 heavy (non-hydrogen) atoms. The molecule has 0 bridgehead atoms. The third kappa shape index (κ3) is 3.04. The smallest absolute Gasteiger partial charge is 0.313 e. The largest absolute Gasteiger partial charge is 0.453 e. The lowest BCUT2D eigenvalue weighted by atomic mass is 9.84. The zero-order chi connectivity index (χ0) is 13.9. The molecule has 100 valence electrons. The molecule has 1 unspecified atom stereocenters. The Morgan fingerprint density at radius 2 is 2.47 bits per heavy atom. The maximum absolute atomic E-state index is 12.1. The van der Waals surface area contributed by atoms with Crippen molar-refractivity contribution in [1.82, 2.24) is 4.98 Å². The number of aromatic nitrogens is 1. The fourth-order valence-corrected chi connectivity index (χ4v) is 2.73. The first-order valence-corrected chi connectivity index (χ1v) is 6.81. The van der Waals surface area contributed by atoms with E-state index in [9.17, 15) is 9.59 Å². The molecule has 1 aromatic heterocycles. The van der Waals surface area contributed by atoms with E-state index >= 15 is 0 Å². The highest BCUT2D eigenvalue weighted by atomic mass is 32.2. The van der Waals surface area contributed by atoms with Gasteiger partial charge < -0.3 is 4.74 Å². The van der Waals surface area contributed by atoms with Gasteiger partial charge in [-0.25, -0.2) is 4.98 Å². The van der Waals surface area contributed by atoms with Crippen LogP contribution in [0.3, 0.4) is 0 Å². The minimum Gasteiger partial charge on any atom is -0.453 e. The van der Waals surface area contributed by atoms with Gasteiger partial charge in [-0.05, 0) is 37.2 Å². The van der Waals surface area contributed by atoms with Gasteiger partial charge in [0.2, 0.25) is 5.12 Å². The number of ether oxygens (including phenoxy) is 1. The van der Waals surface area contributed by atoms with Crippen LogP contribution < -0.4 is 0 Å². The number of cyclic esters (lactones) is 1. The summed E-state index contributed by atoms with van der Waals surface area (Å²) in [5.74, 6) is -0.327. The van der Waals surface area contributed by atoms with E-state index in [-0.39, 0.29) is 11.1 Å². The van der Waals surface area contributed by atoms with E-state index in [4.69, 9.17) is 4.74 Å². The summed E-state index contributed by atoms with van der Waals surface area (Å²) in [7, 11) is 0. The van der Waals surface area contributed by atoms with Gasteiger partial charge in [0.05, 0.1) is 5.41 Å². The van der Waals surface area contributed by atoms with Gasteiger partial charge in [0, 0.05) is 12.6 Å². The monoisotopic (exact) mass is 277 g/mol. The van der Waals surface area contributed by atoms with E-state index in [2.05, 4.69) is 11.6 Å². The average molecular weight is 277 g/mol. The van der Waals surface area contributed by atoms with Gasteiger partial charge in [-0.3, -0.25) is 9.59 Å². The molecule has 0 radical (unpaired) electrons. The first-order chi connectivity index (χ1) is 9.05. The third-order valence-electron chi connectivity index (χ3n) is 3.08. The van der Waals surface area contributed by atoms with E-state index < -0.39 is 11.5 Å². The van der Waals surface area contributed by atoms with E-state index in [1.54, 1.807) is 31.3 Å². The highest BCUT2D eigenvalue weighted by Crippen LogP contribution is 2.39. The Balaban J connectivity index is 2.02. The van der Waals surface area contributed by atoms with Crippen molar-refractivity contribution >= 4 is 22.8 Å². The molecule has 0 N–H and O–H groups in total. The molecule has 4 nitrogen and oxygen atoms in total. The van der Waals surface area contributed by atoms with Crippen molar-refractivity contribution in [1.29, 1.82) is 0 Å². The molecule has 2 rings (SSSR count). The Kier molecular flexibility index (Phi) is 4.04. The van der Waals surface area contributed by atoms with Gasteiger partial charge in [0.15, 0.2) is 6.10 Å². The second-order valence-electron chi connectivity index (χ2n) is 4.74. The van der Waals surface area contributed by atoms with Gasteiger partial charge >= 0.3 is 5.97 Å². The van der Waals surface area contributed by atoms with Gasteiger partial charge in [-0.15, -0.1) is 6.58 Å². The number of esters is 1. The van der Waals surface area contributed by atoms with Gasteiger partial charge in [-0.2, -0.15) is 0 Å². The summed E-state index contributed by atoms with van der Waals surface area (Å²) in [5.41, 5.74) is -0.632. The first kappa shape index (κ1) is 13.8. The van der Waals surface area contributed by atoms with Crippen molar-refractivity contribution in [2.45, 2.75) is 30.9 Å². The fraction of sp³-hybridized carbons (Fsp3) is 0.357. The highest BCUT2D eigenvalue weighted by molar-refractivity contribution is 8.13. The maximum Gasteiger partial charge on any atom is 0.313 e. The van der Waals surface area contributed by atoms with E-state index in [0.29, 0.717) is 17.9 Å². The van der Waals surface area contributed by atoms with Crippen LogP contribution in [0.4, 0.5) is 0 Å². The zero-order valence-corrected chi connectivity index (χ0v) is 11.5. The molecular formula is C14H15NO3S. The molecule has 0 aliphatic carbocycles. The normalized spacial score (nSPS) is 25.9. The van der Waals surface area contributed by atoms with Crippen LogP contribution >= 0.6 is 11.8 Å². The number of rotatable bonds is 4. The van der Waals surface area contributed by atoms with Crippen molar-refractivity contribution in [2.75, 3.05) is 0 Å². The molecule has 5 heteroatoms. The van der Waals surface area contributed by atoms with Crippen LogP contribution in [0.1, 0.15) is 19.8 Å². The summed E-state index contributed by atoms with van der Waals surface area (Å²) in [6.45, 7) is 5.43. The molecule has 0 spiro atoms. The van der Waals surface area contributed by atoms with Crippen LogP contribution in [0.25, 0.3) is 0 Å². The second-order valence-corrected chi connectivity index (χ2v) is 5.77. The van der Waals surface area contributed by atoms with E-state index in [1.807, 2.05) is 6.07 Å². The van der Waals surface area contributed by atoms with E-state index in [1.165, 1.54) is 0 Å². The molecular weight excluding hydrogens is 262 g/mol. The standard InChI is InChI=1S/C14H15NO3S/c1-3-7-14(2)9-10(18-13(14)17)12(16)19-11-6-4-5-8-15-11/h3-6,8,10H,1,7,9H2,2H3/t10?,14-/m0/s1. The fourth-order valence-electron chi connectivity index (χ4n) is 2.00. The minimum atomic E-state index is -0.690. The SMILES string of the molecule is C=CC[C@@]1(C)CC(C(=O)Sc2ccccn2)OC1=O. The molecule has 1 aliphatic rings. The predicted octanol–water partition coefficient (Wildman–Crippen LogP) is 2.60. The maximum atomic E-state index is 12.1. The Morgan fingerprint density at radius 3 is 3.11 bits per heavy atom. The first-order valence-electron chi connectivity index (χ1n) is 6.00. The van der Waals surface area contributed by atoms with Gasteiger partial charge in [0.25, 0.3) is 0 Å². The number of carbonyl (C=O) groups excluding carboxylic acids is 2. The number of thioether (sulfide) groups is 1. The van der Waals surface area contributed by atoms with Crippen LogP contribution in [0.15, 0.2) is 42.1 Å². The lowest BCUT2D eigenvalue weighted by molar-refractivity contribution is -0.150. The lowest BCUT2D eigenvalue weighted by Gasteiger charge is -2.15. The summed E-state index contributed by atoms with van der Waals surface area (Å²) in [5, 5.41) is 0.431. The molecule has 2 heterocycles. The lowest BCUT2D eigenvalue weighted by Crippen LogP contribution is -2.21. The minimum absolute atomic E-state index is 0.181. The Labute approximate surface area is 116 Å². The summed E-state index contributed by atoms with van der Waals surface area (Å²) in [6.07, 6.45) is 3.53. The third-order valence-corrected chi connectivity index (χ3v) is 3.99. The van der Waals surface area contributed by atoms with Crippen LogP contribution in [0, 0.1) is 5.41 Å². The molecule has 2 atom stereocenters. The van der Waals surface area contributed by atoms with Crippen LogP contribution in [0.5, 0.6) is 0 Å². The van der Waals surface area contributed by atoms with Crippen molar-refractivity contribution < 1.29 is 14.3 Å². The van der Waals surface area contributed by atoms with Crippen LogP contribution in [-0.4, -0.2) is 22.2 Å². The highest BCUT2D eigenvalue weighted by Gasteiger charge is 2.47. The molecule has 0 saturated carbocycles. The van der Waals surface area contributed by atoms with Gasteiger partial charge in [-0.1, -0.05) is 12.1 Å². The van der Waals surface area contributed by atoms with Crippen molar-refractivity contribution in [3.05, 3.63) is 37.1 Å². The quantitative estimate of drug-likeness (QED) is 0.481. The second kappa shape index (κ2) is 5.57.